The quantitative estimate of drug-likeness (QED) is 0.817. The highest BCUT2D eigenvalue weighted by atomic mass is 16.3. The summed E-state index contributed by atoms with van der Waals surface area (Å²) in [5.41, 5.74) is 1.96. The van der Waals surface area contributed by atoms with Gasteiger partial charge in [-0.1, -0.05) is 18.1 Å². The van der Waals surface area contributed by atoms with Gasteiger partial charge in [0.25, 0.3) is 5.91 Å². The molecular weight excluding hydrogens is 340 g/mol. The number of amides is 1. The van der Waals surface area contributed by atoms with Crippen molar-refractivity contribution in [1.82, 2.24) is 20.0 Å². The fourth-order valence-corrected chi connectivity index (χ4v) is 4.36. The molecule has 1 aliphatic carbocycles. The van der Waals surface area contributed by atoms with Crippen molar-refractivity contribution < 1.29 is 9.90 Å². The van der Waals surface area contributed by atoms with Crippen LogP contribution in [0.5, 0.6) is 0 Å². The van der Waals surface area contributed by atoms with E-state index >= 15 is 0 Å². The number of hydrogen-bond acceptors (Lipinski definition) is 4. The molecule has 2 N–H and O–H groups in total. The van der Waals surface area contributed by atoms with Gasteiger partial charge in [-0.15, -0.1) is 0 Å². The van der Waals surface area contributed by atoms with Crippen LogP contribution in [0.1, 0.15) is 43.4 Å². The summed E-state index contributed by atoms with van der Waals surface area (Å²) in [5.74, 6) is 0.530. The lowest BCUT2D eigenvalue weighted by atomic mass is 9.83. The predicted octanol–water partition coefficient (Wildman–Crippen LogP) is 2.12. The average Bonchev–Trinajstić information content (AvgIpc) is 2.90. The molecule has 1 aliphatic heterocycles. The van der Waals surface area contributed by atoms with E-state index in [0.29, 0.717) is 18.9 Å². The number of fused-ring (bicyclic) bond motifs is 1. The topological polar surface area (TPSA) is 70.4 Å². The lowest BCUT2D eigenvalue weighted by molar-refractivity contribution is -0.157. The monoisotopic (exact) mass is 370 g/mol. The van der Waals surface area contributed by atoms with Gasteiger partial charge in [0.05, 0.1) is 11.2 Å². The molecule has 2 heterocycles. The second-order valence-electron chi connectivity index (χ2n) is 8.38. The first-order valence-corrected chi connectivity index (χ1v) is 10.1. The first kappa shape index (κ1) is 18.4. The summed E-state index contributed by atoms with van der Waals surface area (Å²) in [6.07, 6.45) is 5.10. The number of piperidine rings is 1. The van der Waals surface area contributed by atoms with E-state index in [1.54, 1.807) is 0 Å². The van der Waals surface area contributed by atoms with E-state index in [9.17, 15) is 9.90 Å². The smallest absolute Gasteiger partial charge is 0.255 e. The standard InChI is InChI=1S/C21H30N4O2/c1-15-7-8-19-17(11-15)18(23-24(19)2)12-22-14-21(27)9-4-10-25(20(21)26)13-16-5-3-6-16/h7-8,11,16,22,27H,3-6,9-10,12-14H2,1-2H3/t21-/m0/s1. The molecule has 4 rings (SSSR count). The molecule has 0 bridgehead atoms. The summed E-state index contributed by atoms with van der Waals surface area (Å²) >= 11 is 0. The fourth-order valence-electron chi connectivity index (χ4n) is 4.36. The zero-order valence-corrected chi connectivity index (χ0v) is 16.4. The van der Waals surface area contributed by atoms with Crippen molar-refractivity contribution in [1.29, 1.82) is 0 Å². The number of nitrogens with one attached hydrogen (secondary N) is 1. The number of aromatic nitrogens is 2. The molecule has 6 nitrogen and oxygen atoms in total. The van der Waals surface area contributed by atoms with Crippen LogP contribution in [-0.2, 0) is 18.4 Å². The Morgan fingerprint density at radius 2 is 2.15 bits per heavy atom. The number of benzene rings is 1. The van der Waals surface area contributed by atoms with Crippen LogP contribution in [-0.4, -0.2) is 50.9 Å². The van der Waals surface area contributed by atoms with Crippen molar-refractivity contribution in [3.8, 4) is 0 Å². The van der Waals surface area contributed by atoms with Gasteiger partial charge in [0.2, 0.25) is 0 Å². The normalized spacial score (nSPS) is 23.8. The van der Waals surface area contributed by atoms with Gasteiger partial charge in [0.15, 0.2) is 5.60 Å². The van der Waals surface area contributed by atoms with Crippen molar-refractivity contribution in [2.75, 3.05) is 19.6 Å². The molecule has 6 heteroatoms. The SMILES string of the molecule is Cc1ccc2c(c1)c(CNC[C@@]1(O)CCCN(CC3CCC3)C1=O)nn2C. The average molecular weight is 370 g/mol. The Kier molecular flexibility index (Phi) is 4.95. The minimum absolute atomic E-state index is 0.102. The number of carbonyl (C=O) groups excluding carboxylic acids is 1. The lowest BCUT2D eigenvalue weighted by Gasteiger charge is -2.41. The number of rotatable bonds is 6. The van der Waals surface area contributed by atoms with E-state index in [0.717, 1.165) is 36.1 Å². The number of aliphatic hydroxyl groups is 1. The van der Waals surface area contributed by atoms with Crippen molar-refractivity contribution in [2.24, 2.45) is 13.0 Å². The number of likely N-dealkylation sites (tertiary alicyclic amines) is 1. The van der Waals surface area contributed by atoms with Crippen LogP contribution in [0.15, 0.2) is 18.2 Å². The summed E-state index contributed by atoms with van der Waals surface area (Å²) in [7, 11) is 1.94. The summed E-state index contributed by atoms with van der Waals surface area (Å²) < 4.78 is 1.88. The van der Waals surface area contributed by atoms with Gasteiger partial charge >= 0.3 is 0 Å². The van der Waals surface area contributed by atoms with Crippen LogP contribution in [0.3, 0.4) is 0 Å². The largest absolute Gasteiger partial charge is 0.379 e. The first-order valence-electron chi connectivity index (χ1n) is 10.1. The van der Waals surface area contributed by atoms with E-state index < -0.39 is 5.60 Å². The molecule has 146 valence electrons. The van der Waals surface area contributed by atoms with Gasteiger partial charge in [-0.3, -0.25) is 9.48 Å². The van der Waals surface area contributed by atoms with Crippen LogP contribution in [0.25, 0.3) is 10.9 Å². The summed E-state index contributed by atoms with van der Waals surface area (Å²) in [5, 5.41) is 20.0. The molecule has 0 radical (unpaired) electrons. The molecule has 1 amide bonds. The van der Waals surface area contributed by atoms with Gasteiger partial charge < -0.3 is 15.3 Å². The van der Waals surface area contributed by atoms with E-state index in [-0.39, 0.29) is 12.5 Å². The zero-order chi connectivity index (χ0) is 19.0. The molecule has 27 heavy (non-hydrogen) atoms. The first-order chi connectivity index (χ1) is 13.0. The van der Waals surface area contributed by atoms with E-state index in [1.807, 2.05) is 16.6 Å². The van der Waals surface area contributed by atoms with E-state index in [2.05, 4.69) is 35.5 Å². The molecule has 1 atom stereocenters. The molecule has 2 fully saturated rings. The van der Waals surface area contributed by atoms with Crippen LogP contribution in [0.4, 0.5) is 0 Å². The number of aryl methyl sites for hydroxylation is 2. The molecule has 1 aromatic heterocycles. The minimum atomic E-state index is -1.29. The Morgan fingerprint density at radius 3 is 2.89 bits per heavy atom. The Bertz CT molecular complexity index is 842. The maximum absolute atomic E-state index is 12.8. The Hall–Kier alpha value is -1.92. The van der Waals surface area contributed by atoms with Gasteiger partial charge in [0.1, 0.15) is 0 Å². The van der Waals surface area contributed by atoms with Gasteiger partial charge in [-0.2, -0.15) is 5.10 Å². The van der Waals surface area contributed by atoms with Gasteiger partial charge in [-0.05, 0) is 50.7 Å². The highest BCUT2D eigenvalue weighted by Crippen LogP contribution is 2.30. The van der Waals surface area contributed by atoms with Crippen molar-refractivity contribution >= 4 is 16.8 Å². The fraction of sp³-hybridized carbons (Fsp3) is 0.619. The molecule has 2 aromatic rings. The van der Waals surface area contributed by atoms with E-state index in [1.165, 1.54) is 24.8 Å². The molecule has 1 saturated carbocycles. The van der Waals surface area contributed by atoms with Crippen LogP contribution in [0, 0.1) is 12.8 Å². The Balaban J connectivity index is 1.40. The molecule has 1 saturated heterocycles. The third-order valence-electron chi connectivity index (χ3n) is 6.20. The lowest BCUT2D eigenvalue weighted by Crippen LogP contribution is -2.58. The molecular formula is C21H30N4O2. The molecule has 1 aromatic carbocycles. The van der Waals surface area contributed by atoms with Gasteiger partial charge in [-0.25, -0.2) is 0 Å². The second-order valence-corrected chi connectivity index (χ2v) is 8.38. The molecule has 0 unspecified atom stereocenters. The minimum Gasteiger partial charge on any atom is -0.379 e. The number of nitrogens with zero attached hydrogens (tertiary/aromatic N) is 3. The number of hydrogen-bond donors (Lipinski definition) is 2. The Labute approximate surface area is 160 Å². The summed E-state index contributed by atoms with van der Waals surface area (Å²) in [6.45, 7) is 4.48. The molecule has 2 aliphatic rings. The maximum Gasteiger partial charge on any atom is 0.255 e. The van der Waals surface area contributed by atoms with Crippen molar-refractivity contribution in [3.63, 3.8) is 0 Å². The second kappa shape index (κ2) is 7.24. The van der Waals surface area contributed by atoms with E-state index in [4.69, 9.17) is 0 Å². The van der Waals surface area contributed by atoms with Gasteiger partial charge in [0, 0.05) is 38.6 Å². The summed E-state index contributed by atoms with van der Waals surface area (Å²) in [4.78, 5) is 14.7. The molecule has 0 spiro atoms. The third kappa shape index (κ3) is 3.60. The highest BCUT2D eigenvalue weighted by molar-refractivity contribution is 5.86. The van der Waals surface area contributed by atoms with Crippen molar-refractivity contribution in [3.05, 3.63) is 29.5 Å². The van der Waals surface area contributed by atoms with Crippen molar-refractivity contribution in [2.45, 2.75) is 51.2 Å². The van der Waals surface area contributed by atoms with Crippen LogP contribution in [0.2, 0.25) is 0 Å². The van der Waals surface area contributed by atoms with Crippen LogP contribution < -0.4 is 5.32 Å². The highest BCUT2D eigenvalue weighted by Gasteiger charge is 2.42. The maximum atomic E-state index is 12.8. The predicted molar refractivity (Wildman–Crippen MR) is 105 cm³/mol. The Morgan fingerprint density at radius 1 is 1.33 bits per heavy atom. The van der Waals surface area contributed by atoms with Crippen LogP contribution >= 0.6 is 0 Å². The number of carbonyl (C=O) groups is 1. The third-order valence-corrected chi connectivity index (χ3v) is 6.20. The zero-order valence-electron chi connectivity index (χ0n) is 16.4. The summed E-state index contributed by atoms with van der Waals surface area (Å²) in [6, 6.07) is 6.30.